The molecule has 15 heavy (non-hydrogen) atoms. The van der Waals surface area contributed by atoms with E-state index in [-0.39, 0.29) is 0 Å². The highest BCUT2D eigenvalue weighted by Gasteiger charge is 2.20. The molecule has 0 amide bonds. The average Bonchev–Trinajstić information content (AvgIpc) is 2.53. The summed E-state index contributed by atoms with van der Waals surface area (Å²) in [5.74, 6) is 0.510. The quantitative estimate of drug-likeness (QED) is 0.758. The zero-order chi connectivity index (χ0) is 11.3. The molecule has 0 aliphatic heterocycles. The molecule has 2 N–H and O–H groups in total. The molecule has 0 aliphatic carbocycles. The van der Waals surface area contributed by atoms with Crippen molar-refractivity contribution in [3.05, 3.63) is 24.2 Å². The van der Waals surface area contributed by atoms with Gasteiger partial charge in [-0.1, -0.05) is 13.8 Å². The van der Waals surface area contributed by atoms with E-state index in [1.54, 1.807) is 12.5 Å². The predicted octanol–water partition coefficient (Wildman–Crippen LogP) is 2.17. The van der Waals surface area contributed by atoms with Crippen molar-refractivity contribution in [2.24, 2.45) is 5.92 Å². The first kappa shape index (κ1) is 12.3. The molecule has 86 valence electrons. The maximum atomic E-state index is 10.0. The third kappa shape index (κ3) is 5.00. The Morgan fingerprint density at radius 2 is 2.27 bits per heavy atom. The van der Waals surface area contributed by atoms with Crippen LogP contribution in [0.3, 0.4) is 0 Å². The molecule has 0 saturated heterocycles. The minimum Gasteiger partial charge on any atom is -0.472 e. The molecule has 1 aromatic rings. The van der Waals surface area contributed by atoms with Crippen LogP contribution in [0.1, 0.15) is 32.8 Å². The highest BCUT2D eigenvalue weighted by Crippen LogP contribution is 2.15. The molecular formula is C12H21NO2. The molecule has 3 heteroatoms. The second-order valence-corrected chi connectivity index (χ2v) is 4.83. The van der Waals surface area contributed by atoms with E-state index >= 15 is 0 Å². The topological polar surface area (TPSA) is 45.4 Å². The van der Waals surface area contributed by atoms with Gasteiger partial charge in [0, 0.05) is 18.7 Å². The third-order valence-corrected chi connectivity index (χ3v) is 2.26. The third-order valence-electron chi connectivity index (χ3n) is 2.26. The Kier molecular flexibility index (Phi) is 4.36. The number of nitrogens with one attached hydrogen (secondary N) is 1. The summed E-state index contributed by atoms with van der Waals surface area (Å²) in [6, 6.07) is 1.92. The standard InChI is InChI=1S/C12H21NO2/c1-10(2)6-12(3,14)9-13-7-11-4-5-15-8-11/h4-5,8,10,13-14H,6-7,9H2,1-3H3. The summed E-state index contributed by atoms with van der Waals surface area (Å²) in [7, 11) is 0. The molecular weight excluding hydrogens is 190 g/mol. The first-order valence-electron chi connectivity index (χ1n) is 5.44. The Labute approximate surface area is 91.5 Å². The van der Waals surface area contributed by atoms with Crippen LogP contribution in [-0.4, -0.2) is 17.3 Å². The van der Waals surface area contributed by atoms with Crippen LogP contribution < -0.4 is 5.32 Å². The van der Waals surface area contributed by atoms with Crippen LogP contribution in [0.5, 0.6) is 0 Å². The summed E-state index contributed by atoms with van der Waals surface area (Å²) in [6.07, 6.45) is 4.18. The van der Waals surface area contributed by atoms with Gasteiger partial charge in [-0.25, -0.2) is 0 Å². The van der Waals surface area contributed by atoms with E-state index in [1.807, 2.05) is 13.0 Å². The van der Waals surface area contributed by atoms with Gasteiger partial charge in [-0.05, 0) is 25.3 Å². The van der Waals surface area contributed by atoms with Gasteiger partial charge in [0.2, 0.25) is 0 Å². The minimum absolute atomic E-state index is 0.510. The minimum atomic E-state index is -0.627. The molecule has 0 fully saturated rings. The van der Waals surface area contributed by atoms with Gasteiger partial charge in [0.15, 0.2) is 0 Å². The van der Waals surface area contributed by atoms with Crippen molar-refractivity contribution in [2.45, 2.75) is 39.3 Å². The molecule has 1 atom stereocenters. The van der Waals surface area contributed by atoms with Gasteiger partial charge in [0.25, 0.3) is 0 Å². The monoisotopic (exact) mass is 211 g/mol. The van der Waals surface area contributed by atoms with Gasteiger partial charge in [0.05, 0.1) is 18.1 Å². The summed E-state index contributed by atoms with van der Waals surface area (Å²) in [5.41, 5.74) is 0.480. The van der Waals surface area contributed by atoms with Crippen LogP contribution in [0.25, 0.3) is 0 Å². The van der Waals surface area contributed by atoms with E-state index in [1.165, 1.54) is 0 Å². The van der Waals surface area contributed by atoms with Crippen molar-refractivity contribution in [2.75, 3.05) is 6.54 Å². The number of aliphatic hydroxyl groups is 1. The van der Waals surface area contributed by atoms with Crippen LogP contribution in [-0.2, 0) is 6.54 Å². The Balaban J connectivity index is 2.24. The number of rotatable bonds is 6. The van der Waals surface area contributed by atoms with E-state index < -0.39 is 5.60 Å². The summed E-state index contributed by atoms with van der Waals surface area (Å²) in [6.45, 7) is 7.45. The second kappa shape index (κ2) is 5.33. The van der Waals surface area contributed by atoms with E-state index in [0.29, 0.717) is 12.5 Å². The van der Waals surface area contributed by atoms with Crippen molar-refractivity contribution in [1.29, 1.82) is 0 Å². The van der Waals surface area contributed by atoms with Crippen molar-refractivity contribution >= 4 is 0 Å². The van der Waals surface area contributed by atoms with Crippen LogP contribution in [0.15, 0.2) is 23.0 Å². The summed E-state index contributed by atoms with van der Waals surface area (Å²) >= 11 is 0. The number of furan rings is 1. The Morgan fingerprint density at radius 1 is 1.53 bits per heavy atom. The lowest BCUT2D eigenvalue weighted by Gasteiger charge is -2.25. The van der Waals surface area contributed by atoms with Gasteiger partial charge < -0.3 is 14.8 Å². The maximum Gasteiger partial charge on any atom is 0.0947 e. The predicted molar refractivity (Wildman–Crippen MR) is 60.5 cm³/mol. The van der Waals surface area contributed by atoms with Crippen molar-refractivity contribution in [3.8, 4) is 0 Å². The van der Waals surface area contributed by atoms with Gasteiger partial charge in [-0.2, -0.15) is 0 Å². The molecule has 0 spiro atoms. The molecule has 0 bridgehead atoms. The van der Waals surface area contributed by atoms with Crippen LogP contribution in [0.4, 0.5) is 0 Å². The SMILES string of the molecule is CC(C)CC(C)(O)CNCc1ccoc1. The molecule has 0 aliphatic rings. The zero-order valence-electron chi connectivity index (χ0n) is 9.79. The van der Waals surface area contributed by atoms with E-state index in [2.05, 4.69) is 19.2 Å². The van der Waals surface area contributed by atoms with Gasteiger partial charge >= 0.3 is 0 Å². The first-order valence-corrected chi connectivity index (χ1v) is 5.44. The molecule has 0 saturated carbocycles. The fraction of sp³-hybridized carbons (Fsp3) is 0.667. The Bertz CT molecular complexity index is 265. The van der Waals surface area contributed by atoms with E-state index in [0.717, 1.165) is 18.5 Å². The molecule has 0 radical (unpaired) electrons. The normalized spacial score (nSPS) is 15.5. The summed E-state index contributed by atoms with van der Waals surface area (Å²) < 4.78 is 4.96. The molecule has 3 nitrogen and oxygen atoms in total. The molecule has 1 aromatic heterocycles. The molecule has 1 unspecified atom stereocenters. The van der Waals surface area contributed by atoms with Crippen LogP contribution >= 0.6 is 0 Å². The lowest BCUT2D eigenvalue weighted by Crippen LogP contribution is -2.38. The average molecular weight is 211 g/mol. The highest BCUT2D eigenvalue weighted by molar-refractivity contribution is 5.04. The van der Waals surface area contributed by atoms with Crippen molar-refractivity contribution in [3.63, 3.8) is 0 Å². The largest absolute Gasteiger partial charge is 0.472 e. The molecule has 1 rings (SSSR count). The molecule has 1 heterocycles. The fourth-order valence-corrected chi connectivity index (χ4v) is 1.82. The second-order valence-electron chi connectivity index (χ2n) is 4.83. The van der Waals surface area contributed by atoms with Crippen molar-refractivity contribution < 1.29 is 9.52 Å². The Hall–Kier alpha value is -0.800. The first-order chi connectivity index (χ1) is 6.99. The number of hydrogen-bond acceptors (Lipinski definition) is 3. The summed E-state index contributed by atoms with van der Waals surface area (Å²) in [4.78, 5) is 0. The van der Waals surface area contributed by atoms with E-state index in [4.69, 9.17) is 4.42 Å². The smallest absolute Gasteiger partial charge is 0.0947 e. The fourth-order valence-electron chi connectivity index (χ4n) is 1.82. The lowest BCUT2D eigenvalue weighted by atomic mass is 9.94. The maximum absolute atomic E-state index is 10.0. The van der Waals surface area contributed by atoms with Crippen LogP contribution in [0.2, 0.25) is 0 Å². The van der Waals surface area contributed by atoms with Gasteiger partial charge in [0.1, 0.15) is 0 Å². The lowest BCUT2D eigenvalue weighted by molar-refractivity contribution is 0.0383. The number of hydrogen-bond donors (Lipinski definition) is 2. The van der Waals surface area contributed by atoms with Crippen molar-refractivity contribution in [1.82, 2.24) is 5.32 Å². The van der Waals surface area contributed by atoms with Gasteiger partial charge in [-0.3, -0.25) is 0 Å². The van der Waals surface area contributed by atoms with E-state index in [9.17, 15) is 5.11 Å². The summed E-state index contributed by atoms with van der Waals surface area (Å²) in [5, 5.41) is 13.3. The highest BCUT2D eigenvalue weighted by atomic mass is 16.3. The Morgan fingerprint density at radius 3 is 2.80 bits per heavy atom. The zero-order valence-corrected chi connectivity index (χ0v) is 9.79. The molecule has 0 aromatic carbocycles. The van der Waals surface area contributed by atoms with Crippen LogP contribution in [0, 0.1) is 5.92 Å². The van der Waals surface area contributed by atoms with Gasteiger partial charge in [-0.15, -0.1) is 0 Å².